The number of aliphatic imine (C=N–C) groups is 1. The highest BCUT2D eigenvalue weighted by molar-refractivity contribution is 5.94. The Morgan fingerprint density at radius 3 is 1.96 bits per heavy atom. The van der Waals surface area contributed by atoms with Crippen molar-refractivity contribution >= 4 is 23.0 Å². The van der Waals surface area contributed by atoms with Gasteiger partial charge >= 0.3 is 0 Å². The van der Waals surface area contributed by atoms with Gasteiger partial charge in [-0.2, -0.15) is 0 Å². The smallest absolute Gasteiger partial charge is 0.229 e. The Kier molecular flexibility index (Phi) is 9.35. The van der Waals surface area contributed by atoms with Gasteiger partial charge in [0.2, 0.25) is 5.89 Å². The topological polar surface area (TPSA) is 58.6 Å². The number of rotatable bonds is 8. The molecule has 49 heavy (non-hydrogen) atoms. The van der Waals surface area contributed by atoms with E-state index in [9.17, 15) is 5.11 Å². The van der Waals surface area contributed by atoms with Crippen LogP contribution in [0.3, 0.4) is 0 Å². The van der Waals surface area contributed by atoms with E-state index in [1.54, 1.807) is 12.3 Å². The lowest BCUT2D eigenvalue weighted by atomic mass is 9.81. The molecule has 1 aromatic heterocycles. The molecular weight excluding hydrogens is 601 g/mol. The first-order valence-corrected chi connectivity index (χ1v) is 17.5. The summed E-state index contributed by atoms with van der Waals surface area (Å²) in [5, 5.41) is 10.6. The van der Waals surface area contributed by atoms with Gasteiger partial charge < -0.3 is 9.52 Å². The fraction of sp³-hybridized carbons (Fsp3) is 0.289. The number of para-hydroxylation sites is 2. The molecule has 0 saturated carbocycles. The molecule has 6 aromatic rings. The molecule has 6 rings (SSSR count). The van der Waals surface area contributed by atoms with Crippen molar-refractivity contribution in [2.45, 2.75) is 85.5 Å². The predicted octanol–water partition coefficient (Wildman–Crippen LogP) is 13.0. The monoisotopic (exact) mass is 648 g/mol. The highest BCUT2D eigenvalue weighted by atomic mass is 16.3. The molecule has 0 aliphatic heterocycles. The first-order chi connectivity index (χ1) is 23.3. The van der Waals surface area contributed by atoms with E-state index in [-0.39, 0.29) is 11.2 Å². The minimum atomic E-state index is -0.0441. The SMILES string of the molecule is CC(C)c1cc(C(C)C)c(-c2ccc(-c3cccc4oc(-c5ccccc5N=Cc5cc(C(C)(C)C)ccc5O)nc34)cc2)c(C(C)C)c1. The maximum atomic E-state index is 10.6. The van der Waals surface area contributed by atoms with Crippen molar-refractivity contribution in [2.24, 2.45) is 4.99 Å². The van der Waals surface area contributed by atoms with E-state index in [1.807, 2.05) is 48.5 Å². The number of benzene rings is 5. The Morgan fingerprint density at radius 1 is 0.694 bits per heavy atom. The number of aromatic hydroxyl groups is 1. The van der Waals surface area contributed by atoms with Crippen LogP contribution in [0.1, 0.15) is 108 Å². The minimum Gasteiger partial charge on any atom is -0.507 e. The van der Waals surface area contributed by atoms with Crippen LogP contribution in [0.4, 0.5) is 5.69 Å². The number of nitrogens with zero attached hydrogens (tertiary/aromatic N) is 2. The molecule has 0 atom stereocenters. The molecule has 0 aliphatic carbocycles. The highest BCUT2D eigenvalue weighted by Gasteiger charge is 2.20. The molecule has 250 valence electrons. The molecule has 1 heterocycles. The Balaban J connectivity index is 1.37. The third-order valence-electron chi connectivity index (χ3n) is 9.41. The summed E-state index contributed by atoms with van der Waals surface area (Å²) in [4.78, 5) is 9.83. The molecule has 0 bridgehead atoms. The molecule has 0 fully saturated rings. The van der Waals surface area contributed by atoms with Crippen molar-refractivity contribution in [1.82, 2.24) is 4.98 Å². The second-order valence-corrected chi connectivity index (χ2v) is 15.1. The zero-order chi connectivity index (χ0) is 35.0. The second-order valence-electron chi connectivity index (χ2n) is 15.1. The van der Waals surface area contributed by atoms with E-state index in [1.165, 1.54) is 27.8 Å². The van der Waals surface area contributed by atoms with Gasteiger partial charge in [0.1, 0.15) is 11.3 Å². The molecule has 0 aliphatic rings. The Labute approximate surface area is 291 Å². The van der Waals surface area contributed by atoms with Crippen LogP contribution in [0.5, 0.6) is 5.75 Å². The Bertz CT molecular complexity index is 2110. The number of hydrogen-bond acceptors (Lipinski definition) is 4. The van der Waals surface area contributed by atoms with Crippen LogP contribution in [-0.2, 0) is 5.41 Å². The van der Waals surface area contributed by atoms with Gasteiger partial charge in [0.15, 0.2) is 5.58 Å². The van der Waals surface area contributed by atoms with Gasteiger partial charge in [0, 0.05) is 17.3 Å². The summed E-state index contributed by atoms with van der Waals surface area (Å²) in [6.45, 7) is 20.2. The second kappa shape index (κ2) is 13.5. The number of fused-ring (bicyclic) bond motifs is 1. The third-order valence-corrected chi connectivity index (χ3v) is 9.41. The van der Waals surface area contributed by atoms with Gasteiger partial charge in [-0.15, -0.1) is 0 Å². The van der Waals surface area contributed by atoms with Crippen LogP contribution in [0, 0.1) is 0 Å². The number of aromatic nitrogens is 1. The lowest BCUT2D eigenvalue weighted by Crippen LogP contribution is -2.11. The van der Waals surface area contributed by atoms with E-state index in [0.29, 0.717) is 34.9 Å². The van der Waals surface area contributed by atoms with Crippen LogP contribution in [-0.4, -0.2) is 16.3 Å². The maximum absolute atomic E-state index is 10.6. The number of hydrogen-bond donors (Lipinski definition) is 1. The fourth-order valence-electron chi connectivity index (χ4n) is 6.43. The predicted molar refractivity (Wildman–Crippen MR) is 207 cm³/mol. The molecule has 0 radical (unpaired) electrons. The molecular formula is C45H48N2O2. The van der Waals surface area contributed by atoms with Crippen molar-refractivity contribution in [1.29, 1.82) is 0 Å². The van der Waals surface area contributed by atoms with Gasteiger partial charge in [-0.05, 0) is 92.4 Å². The summed E-state index contributed by atoms with van der Waals surface area (Å²) < 4.78 is 6.37. The largest absolute Gasteiger partial charge is 0.507 e. The van der Waals surface area contributed by atoms with E-state index >= 15 is 0 Å². The summed E-state index contributed by atoms with van der Waals surface area (Å²) in [5.41, 5.74) is 13.7. The van der Waals surface area contributed by atoms with Crippen molar-refractivity contribution < 1.29 is 9.52 Å². The minimum absolute atomic E-state index is 0.0441. The van der Waals surface area contributed by atoms with E-state index < -0.39 is 0 Å². The third kappa shape index (κ3) is 6.96. The molecule has 0 amide bonds. The average molecular weight is 649 g/mol. The molecule has 5 aromatic carbocycles. The summed E-state index contributed by atoms with van der Waals surface area (Å²) in [6.07, 6.45) is 1.71. The first kappa shape index (κ1) is 33.9. The summed E-state index contributed by atoms with van der Waals surface area (Å²) >= 11 is 0. The van der Waals surface area contributed by atoms with E-state index in [2.05, 4.69) is 105 Å². The summed E-state index contributed by atoms with van der Waals surface area (Å²) in [5.74, 6) is 2.02. The lowest BCUT2D eigenvalue weighted by molar-refractivity contribution is 0.473. The van der Waals surface area contributed by atoms with Crippen LogP contribution in [0.2, 0.25) is 0 Å². The number of phenolic OH excluding ortho intramolecular Hbond substituents is 1. The molecule has 4 heteroatoms. The average Bonchev–Trinajstić information content (AvgIpc) is 3.51. The molecule has 0 spiro atoms. The van der Waals surface area contributed by atoms with Gasteiger partial charge in [0.05, 0.1) is 11.3 Å². The van der Waals surface area contributed by atoms with Gasteiger partial charge in [-0.25, -0.2) is 4.98 Å². The quantitative estimate of drug-likeness (QED) is 0.167. The van der Waals surface area contributed by atoms with Gasteiger partial charge in [-0.3, -0.25) is 4.99 Å². The van der Waals surface area contributed by atoms with Crippen molar-refractivity contribution in [2.75, 3.05) is 0 Å². The maximum Gasteiger partial charge on any atom is 0.229 e. The molecule has 0 unspecified atom stereocenters. The zero-order valence-corrected chi connectivity index (χ0v) is 30.3. The fourth-order valence-corrected chi connectivity index (χ4v) is 6.43. The molecule has 1 N–H and O–H groups in total. The van der Waals surface area contributed by atoms with Gasteiger partial charge in [0.25, 0.3) is 0 Å². The standard InChI is InChI=1S/C45H48N2O2/c1-27(2)32-24-37(28(3)4)42(38(25-32)29(5)6)31-19-17-30(18-20-31)35-14-12-16-41-43(35)47-44(49-41)36-13-10-11-15-39(36)46-26-33-23-34(45(7,8)9)21-22-40(33)48/h10-29,48H,1-9H3. The lowest BCUT2D eigenvalue weighted by Gasteiger charge is -2.23. The summed E-state index contributed by atoms with van der Waals surface area (Å²) in [6, 6.07) is 33.4. The number of oxazole rings is 1. The van der Waals surface area contributed by atoms with Crippen LogP contribution in [0.25, 0.3) is 44.8 Å². The van der Waals surface area contributed by atoms with E-state index in [0.717, 1.165) is 33.4 Å². The van der Waals surface area contributed by atoms with Crippen molar-refractivity contribution in [3.63, 3.8) is 0 Å². The summed E-state index contributed by atoms with van der Waals surface area (Å²) in [7, 11) is 0. The highest BCUT2D eigenvalue weighted by Crippen LogP contribution is 2.41. The van der Waals surface area contributed by atoms with Crippen molar-refractivity contribution in [3.8, 4) is 39.5 Å². The zero-order valence-electron chi connectivity index (χ0n) is 30.3. The first-order valence-electron chi connectivity index (χ1n) is 17.5. The molecule has 0 saturated heterocycles. The number of phenols is 1. The Morgan fingerprint density at radius 2 is 1.33 bits per heavy atom. The normalized spacial score (nSPS) is 12.3. The molecule has 4 nitrogen and oxygen atoms in total. The van der Waals surface area contributed by atoms with Crippen LogP contribution in [0.15, 0.2) is 106 Å². The van der Waals surface area contributed by atoms with Crippen LogP contribution < -0.4 is 0 Å². The van der Waals surface area contributed by atoms with Crippen molar-refractivity contribution in [3.05, 3.63) is 125 Å². The Hall–Kier alpha value is -4.96. The van der Waals surface area contributed by atoms with E-state index in [4.69, 9.17) is 14.4 Å². The van der Waals surface area contributed by atoms with Crippen LogP contribution >= 0.6 is 0 Å². The van der Waals surface area contributed by atoms with Gasteiger partial charge in [-0.1, -0.05) is 129 Å².